The molecule has 1 aromatic heterocycles. The van der Waals surface area contributed by atoms with Gasteiger partial charge in [-0.15, -0.1) is 0 Å². The van der Waals surface area contributed by atoms with Gasteiger partial charge in [0, 0.05) is 32.0 Å². The Morgan fingerprint density at radius 3 is 2.52 bits per heavy atom. The van der Waals surface area contributed by atoms with Gasteiger partial charge >= 0.3 is 0 Å². The van der Waals surface area contributed by atoms with E-state index in [-0.39, 0.29) is 23.7 Å². The third-order valence-electron chi connectivity index (χ3n) is 6.14. The van der Waals surface area contributed by atoms with E-state index in [2.05, 4.69) is 10.3 Å². The first-order chi connectivity index (χ1) is 13.1. The van der Waals surface area contributed by atoms with Crippen LogP contribution in [0.2, 0.25) is 0 Å². The molecule has 2 fully saturated rings. The van der Waals surface area contributed by atoms with E-state index in [0.29, 0.717) is 6.54 Å². The number of carbonyl (C=O) groups excluding carboxylic acids is 2. The minimum atomic E-state index is -0.207. The highest BCUT2D eigenvalue weighted by atomic mass is 16.2. The van der Waals surface area contributed by atoms with Gasteiger partial charge in [0.25, 0.3) is 0 Å². The van der Waals surface area contributed by atoms with Crippen LogP contribution in [0.4, 0.5) is 0 Å². The van der Waals surface area contributed by atoms with E-state index >= 15 is 0 Å². The van der Waals surface area contributed by atoms with Crippen molar-refractivity contribution in [2.45, 2.75) is 45.1 Å². The molecule has 2 atom stereocenters. The van der Waals surface area contributed by atoms with Crippen molar-refractivity contribution in [2.75, 3.05) is 13.1 Å². The molecule has 27 heavy (non-hydrogen) atoms. The molecule has 2 aromatic rings. The quantitative estimate of drug-likeness (QED) is 0.902. The highest BCUT2D eigenvalue weighted by molar-refractivity contribution is 5.88. The first-order valence-electron chi connectivity index (χ1n) is 10.1. The molecule has 1 N–H and O–H groups in total. The maximum atomic E-state index is 12.9. The van der Waals surface area contributed by atoms with E-state index in [0.717, 1.165) is 68.5 Å². The van der Waals surface area contributed by atoms with Gasteiger partial charge in [0.1, 0.15) is 5.82 Å². The van der Waals surface area contributed by atoms with Crippen LogP contribution in [-0.4, -0.2) is 39.4 Å². The zero-order chi connectivity index (χ0) is 18.8. The zero-order valence-electron chi connectivity index (χ0n) is 16.0. The Balaban J connectivity index is 1.44. The van der Waals surface area contributed by atoms with E-state index in [4.69, 9.17) is 0 Å². The summed E-state index contributed by atoms with van der Waals surface area (Å²) in [7, 11) is 1.97. The largest absolute Gasteiger partial charge is 0.349 e. The summed E-state index contributed by atoms with van der Waals surface area (Å²) in [4.78, 5) is 32.4. The van der Waals surface area contributed by atoms with Gasteiger partial charge in [0.15, 0.2) is 0 Å². The highest BCUT2D eigenvalue weighted by Crippen LogP contribution is 2.32. The summed E-state index contributed by atoms with van der Waals surface area (Å²) in [6, 6.07) is 7.96. The molecule has 1 saturated heterocycles. The monoisotopic (exact) mass is 368 g/mol. The van der Waals surface area contributed by atoms with Gasteiger partial charge in [-0.1, -0.05) is 25.0 Å². The van der Waals surface area contributed by atoms with Gasteiger partial charge < -0.3 is 14.8 Å². The van der Waals surface area contributed by atoms with E-state index in [1.807, 2.05) is 40.8 Å². The van der Waals surface area contributed by atoms with Crippen LogP contribution in [0.3, 0.4) is 0 Å². The smallest absolute Gasteiger partial charge is 0.226 e. The number of carbonyl (C=O) groups is 2. The van der Waals surface area contributed by atoms with E-state index in [9.17, 15) is 9.59 Å². The lowest BCUT2D eigenvalue weighted by Crippen LogP contribution is -2.44. The Kier molecular flexibility index (Phi) is 5.14. The molecule has 1 aromatic carbocycles. The SMILES string of the molecule is Cn1c(CNC(=O)[C@H]2CCCC[C@H]2C(=O)N2CCCC2)nc2ccccc21. The van der Waals surface area contributed by atoms with Crippen LogP contribution in [0.5, 0.6) is 0 Å². The van der Waals surface area contributed by atoms with Gasteiger partial charge in [0.2, 0.25) is 11.8 Å². The van der Waals surface area contributed by atoms with Crippen molar-refractivity contribution in [3.63, 3.8) is 0 Å². The molecule has 2 aliphatic rings. The minimum Gasteiger partial charge on any atom is -0.349 e. The summed E-state index contributed by atoms with van der Waals surface area (Å²) < 4.78 is 2.02. The predicted octanol–water partition coefficient (Wildman–Crippen LogP) is 2.62. The van der Waals surface area contributed by atoms with Gasteiger partial charge in [0.05, 0.1) is 17.6 Å². The van der Waals surface area contributed by atoms with Crippen LogP contribution >= 0.6 is 0 Å². The fraction of sp³-hybridized carbons (Fsp3) is 0.571. The summed E-state index contributed by atoms with van der Waals surface area (Å²) >= 11 is 0. The molecule has 2 amide bonds. The van der Waals surface area contributed by atoms with Gasteiger partial charge in [-0.2, -0.15) is 0 Å². The van der Waals surface area contributed by atoms with Gasteiger partial charge in [-0.05, 0) is 37.8 Å². The van der Waals surface area contributed by atoms with Crippen LogP contribution in [-0.2, 0) is 23.2 Å². The van der Waals surface area contributed by atoms with Gasteiger partial charge in [-0.25, -0.2) is 4.98 Å². The third-order valence-corrected chi connectivity index (χ3v) is 6.14. The fourth-order valence-corrected chi connectivity index (χ4v) is 4.56. The highest BCUT2D eigenvalue weighted by Gasteiger charge is 2.38. The first-order valence-corrected chi connectivity index (χ1v) is 10.1. The number of benzene rings is 1. The average molecular weight is 368 g/mol. The van der Waals surface area contributed by atoms with Crippen molar-refractivity contribution in [3.05, 3.63) is 30.1 Å². The van der Waals surface area contributed by atoms with Crippen LogP contribution in [0.25, 0.3) is 11.0 Å². The van der Waals surface area contributed by atoms with Crippen LogP contribution < -0.4 is 5.32 Å². The lowest BCUT2D eigenvalue weighted by molar-refractivity contribution is -0.142. The van der Waals surface area contributed by atoms with Crippen molar-refractivity contribution in [1.29, 1.82) is 0 Å². The summed E-state index contributed by atoms with van der Waals surface area (Å²) in [5.74, 6) is 0.663. The summed E-state index contributed by atoms with van der Waals surface area (Å²) in [5, 5.41) is 3.05. The second-order valence-electron chi connectivity index (χ2n) is 7.82. The molecule has 6 nitrogen and oxygen atoms in total. The van der Waals surface area contributed by atoms with Crippen LogP contribution in [0.15, 0.2) is 24.3 Å². The number of nitrogens with one attached hydrogen (secondary N) is 1. The molecule has 6 heteroatoms. The molecule has 1 saturated carbocycles. The zero-order valence-corrected chi connectivity index (χ0v) is 16.0. The Labute approximate surface area is 159 Å². The topological polar surface area (TPSA) is 67.2 Å². The molecule has 0 bridgehead atoms. The number of rotatable bonds is 4. The van der Waals surface area contributed by atoms with Crippen molar-refractivity contribution in [2.24, 2.45) is 18.9 Å². The third kappa shape index (κ3) is 3.57. The van der Waals surface area contributed by atoms with E-state index < -0.39 is 0 Å². The maximum Gasteiger partial charge on any atom is 0.226 e. The number of hydrogen-bond donors (Lipinski definition) is 1. The maximum absolute atomic E-state index is 12.9. The Morgan fingerprint density at radius 2 is 1.78 bits per heavy atom. The summed E-state index contributed by atoms with van der Waals surface area (Å²) in [5.41, 5.74) is 1.99. The number of hydrogen-bond acceptors (Lipinski definition) is 3. The molecular formula is C21H28N4O2. The minimum absolute atomic E-state index is 0.000645. The lowest BCUT2D eigenvalue weighted by atomic mass is 9.78. The predicted molar refractivity (Wildman–Crippen MR) is 104 cm³/mol. The number of aryl methyl sites for hydroxylation is 1. The van der Waals surface area contributed by atoms with Crippen molar-refractivity contribution >= 4 is 22.8 Å². The normalized spacial score (nSPS) is 22.9. The van der Waals surface area contributed by atoms with Crippen LogP contribution in [0.1, 0.15) is 44.3 Å². The molecule has 0 radical (unpaired) electrons. The standard InChI is InChI=1S/C21H28N4O2/c1-24-18-11-5-4-10-17(18)23-19(24)14-22-20(26)15-8-2-3-9-16(15)21(27)25-12-6-7-13-25/h4-5,10-11,15-16H,2-3,6-9,12-14H2,1H3,(H,22,26)/t15-,16+/m0/s1. The number of para-hydroxylation sites is 2. The molecule has 1 aliphatic carbocycles. The molecule has 0 spiro atoms. The van der Waals surface area contributed by atoms with Crippen molar-refractivity contribution in [1.82, 2.24) is 19.8 Å². The number of aromatic nitrogens is 2. The number of amides is 2. The molecule has 144 valence electrons. The van der Waals surface area contributed by atoms with Crippen molar-refractivity contribution in [3.8, 4) is 0 Å². The lowest BCUT2D eigenvalue weighted by Gasteiger charge is -2.32. The molecular weight excluding hydrogens is 340 g/mol. The van der Waals surface area contributed by atoms with Crippen LogP contribution in [0, 0.1) is 11.8 Å². The number of fused-ring (bicyclic) bond motifs is 1. The molecule has 1 aliphatic heterocycles. The second-order valence-corrected chi connectivity index (χ2v) is 7.82. The van der Waals surface area contributed by atoms with E-state index in [1.165, 1.54) is 0 Å². The molecule has 4 rings (SSSR count). The Hall–Kier alpha value is -2.37. The average Bonchev–Trinajstić information content (AvgIpc) is 3.34. The summed E-state index contributed by atoms with van der Waals surface area (Å²) in [6.07, 6.45) is 5.87. The van der Waals surface area contributed by atoms with E-state index in [1.54, 1.807) is 0 Å². The molecule has 2 heterocycles. The number of nitrogens with zero attached hydrogens (tertiary/aromatic N) is 3. The number of likely N-dealkylation sites (tertiary alicyclic amines) is 1. The Bertz CT molecular complexity index is 838. The van der Waals surface area contributed by atoms with Crippen molar-refractivity contribution < 1.29 is 9.59 Å². The Morgan fingerprint density at radius 1 is 1.07 bits per heavy atom. The van der Waals surface area contributed by atoms with Gasteiger partial charge in [-0.3, -0.25) is 9.59 Å². The molecule has 0 unspecified atom stereocenters. The first kappa shape index (κ1) is 18.0. The summed E-state index contributed by atoms with van der Waals surface area (Å²) in [6.45, 7) is 2.10. The fourth-order valence-electron chi connectivity index (χ4n) is 4.56. The number of imidazole rings is 1. The second kappa shape index (κ2) is 7.71.